The minimum Gasteiger partial charge on any atom is -0.312 e. The van der Waals surface area contributed by atoms with Crippen LogP contribution < -0.4 is 5.32 Å². The quantitative estimate of drug-likeness (QED) is 0.830. The number of hydrogen-bond donors (Lipinski definition) is 1. The van der Waals surface area contributed by atoms with Crippen LogP contribution in [0.25, 0.3) is 0 Å². The maximum atomic E-state index is 3.72. The molecule has 2 heteroatoms. The molecule has 0 spiro atoms. The molecule has 0 aromatic rings. The Morgan fingerprint density at radius 3 is 2.28 bits per heavy atom. The summed E-state index contributed by atoms with van der Waals surface area (Å²) in [5.74, 6) is 0.738. The lowest BCUT2D eigenvalue weighted by Crippen LogP contribution is -2.48. The van der Waals surface area contributed by atoms with Crippen LogP contribution in [0.15, 0.2) is 0 Å². The summed E-state index contributed by atoms with van der Waals surface area (Å²) in [6, 6.07) is 0.614. The van der Waals surface area contributed by atoms with Gasteiger partial charge in [0.25, 0.3) is 0 Å². The van der Waals surface area contributed by atoms with Gasteiger partial charge in [-0.05, 0) is 36.3 Å². The van der Waals surface area contributed by atoms with Crippen molar-refractivity contribution >= 4 is 0 Å². The van der Waals surface area contributed by atoms with Gasteiger partial charge in [0.1, 0.15) is 0 Å². The lowest BCUT2D eigenvalue weighted by molar-refractivity contribution is 0.116. The molecule has 1 heterocycles. The van der Waals surface area contributed by atoms with Crippen molar-refractivity contribution in [2.75, 3.05) is 26.2 Å². The van der Waals surface area contributed by atoms with E-state index in [1.54, 1.807) is 0 Å². The highest BCUT2D eigenvalue weighted by Gasteiger charge is 2.31. The predicted molar refractivity (Wildman–Crippen MR) is 80.9 cm³/mol. The third-order valence-corrected chi connectivity index (χ3v) is 4.72. The Balaban J connectivity index is 2.65. The molecule has 1 saturated heterocycles. The summed E-state index contributed by atoms with van der Waals surface area (Å²) in [6.07, 6.45) is 1.28. The standard InChI is InChI=1S/C16H34N2/c1-13(2)16(6,7)12-18-10-8-9-17-14(11-18)15(3,4)5/h13-14,17H,8-12H2,1-7H3. The van der Waals surface area contributed by atoms with Crippen LogP contribution in [-0.2, 0) is 0 Å². The molecular weight excluding hydrogens is 220 g/mol. The van der Waals surface area contributed by atoms with Crippen LogP contribution in [0, 0.1) is 16.7 Å². The van der Waals surface area contributed by atoms with Crippen LogP contribution in [0.4, 0.5) is 0 Å². The van der Waals surface area contributed by atoms with Crippen molar-refractivity contribution in [3.05, 3.63) is 0 Å². The molecular formula is C16H34N2. The average molecular weight is 254 g/mol. The molecule has 108 valence electrons. The minimum absolute atomic E-state index is 0.352. The largest absolute Gasteiger partial charge is 0.312 e. The van der Waals surface area contributed by atoms with Crippen LogP contribution in [0.2, 0.25) is 0 Å². The summed E-state index contributed by atoms with van der Waals surface area (Å²) in [5.41, 5.74) is 0.761. The Bertz CT molecular complexity index is 250. The van der Waals surface area contributed by atoms with Gasteiger partial charge in [-0.25, -0.2) is 0 Å². The van der Waals surface area contributed by atoms with Crippen LogP contribution in [-0.4, -0.2) is 37.1 Å². The van der Waals surface area contributed by atoms with Gasteiger partial charge in [-0.15, -0.1) is 0 Å². The highest BCUT2D eigenvalue weighted by Crippen LogP contribution is 2.29. The van der Waals surface area contributed by atoms with Gasteiger partial charge in [-0.2, -0.15) is 0 Å². The summed E-state index contributed by atoms with van der Waals surface area (Å²) in [4.78, 5) is 2.68. The van der Waals surface area contributed by atoms with Gasteiger partial charge in [0.05, 0.1) is 0 Å². The van der Waals surface area contributed by atoms with E-state index in [0.717, 1.165) is 5.92 Å². The molecule has 0 aromatic heterocycles. The van der Waals surface area contributed by atoms with E-state index < -0.39 is 0 Å². The second kappa shape index (κ2) is 5.92. The fourth-order valence-corrected chi connectivity index (χ4v) is 2.48. The van der Waals surface area contributed by atoms with Crippen LogP contribution in [0.3, 0.4) is 0 Å². The second-order valence-electron chi connectivity index (χ2n) is 8.10. The van der Waals surface area contributed by atoms with Crippen molar-refractivity contribution in [2.24, 2.45) is 16.7 Å². The number of rotatable bonds is 3. The van der Waals surface area contributed by atoms with E-state index >= 15 is 0 Å². The Labute approximate surface area is 115 Å². The van der Waals surface area contributed by atoms with Gasteiger partial charge >= 0.3 is 0 Å². The third-order valence-electron chi connectivity index (χ3n) is 4.72. The molecule has 1 fully saturated rings. The molecule has 0 aliphatic carbocycles. The molecule has 0 aromatic carbocycles. The summed E-state index contributed by atoms with van der Waals surface area (Å²) in [6.45, 7) is 21.4. The van der Waals surface area contributed by atoms with E-state index in [9.17, 15) is 0 Å². The van der Waals surface area contributed by atoms with Crippen molar-refractivity contribution in [1.29, 1.82) is 0 Å². The SMILES string of the molecule is CC(C)C(C)(C)CN1CCCNC(C(C)(C)C)C1. The molecule has 1 unspecified atom stereocenters. The predicted octanol–water partition coefficient (Wildman–Crippen LogP) is 3.38. The second-order valence-corrected chi connectivity index (χ2v) is 8.10. The van der Waals surface area contributed by atoms with Gasteiger partial charge < -0.3 is 10.2 Å². The first kappa shape index (κ1) is 16.0. The fourth-order valence-electron chi connectivity index (χ4n) is 2.48. The average Bonchev–Trinajstić information content (AvgIpc) is 2.41. The van der Waals surface area contributed by atoms with Crippen LogP contribution in [0.1, 0.15) is 54.9 Å². The van der Waals surface area contributed by atoms with Crippen molar-refractivity contribution in [3.8, 4) is 0 Å². The zero-order chi connectivity index (χ0) is 14.0. The molecule has 1 aliphatic heterocycles. The lowest BCUT2D eigenvalue weighted by atomic mass is 9.80. The molecule has 18 heavy (non-hydrogen) atoms. The summed E-state index contributed by atoms with van der Waals surface area (Å²) >= 11 is 0. The smallest absolute Gasteiger partial charge is 0.0243 e. The monoisotopic (exact) mass is 254 g/mol. The number of hydrogen-bond acceptors (Lipinski definition) is 2. The Hall–Kier alpha value is -0.0800. The van der Waals surface area contributed by atoms with Gasteiger partial charge in [-0.1, -0.05) is 48.5 Å². The van der Waals surface area contributed by atoms with Crippen molar-refractivity contribution in [2.45, 2.75) is 60.9 Å². The number of nitrogens with one attached hydrogen (secondary N) is 1. The number of nitrogens with zero attached hydrogens (tertiary/aromatic N) is 1. The Morgan fingerprint density at radius 1 is 1.17 bits per heavy atom. The highest BCUT2D eigenvalue weighted by molar-refractivity contribution is 4.88. The molecule has 0 saturated carbocycles. The van der Waals surface area contributed by atoms with Gasteiger partial charge in [0.15, 0.2) is 0 Å². The first-order valence-corrected chi connectivity index (χ1v) is 7.58. The molecule has 1 aliphatic rings. The topological polar surface area (TPSA) is 15.3 Å². The zero-order valence-corrected chi connectivity index (χ0v) is 13.6. The lowest BCUT2D eigenvalue weighted by Gasteiger charge is -2.38. The van der Waals surface area contributed by atoms with Crippen LogP contribution in [0.5, 0.6) is 0 Å². The van der Waals surface area contributed by atoms with Gasteiger partial charge in [-0.3, -0.25) is 0 Å². The van der Waals surface area contributed by atoms with Gasteiger partial charge in [0, 0.05) is 19.1 Å². The first-order chi connectivity index (χ1) is 8.13. The maximum absolute atomic E-state index is 3.72. The summed E-state index contributed by atoms with van der Waals surface area (Å²) < 4.78 is 0. The zero-order valence-electron chi connectivity index (χ0n) is 13.6. The van der Waals surface area contributed by atoms with E-state index in [-0.39, 0.29) is 0 Å². The molecule has 0 amide bonds. The van der Waals surface area contributed by atoms with E-state index in [0.29, 0.717) is 16.9 Å². The van der Waals surface area contributed by atoms with E-state index in [1.165, 1.54) is 32.6 Å². The maximum Gasteiger partial charge on any atom is 0.0243 e. The summed E-state index contributed by atoms with van der Waals surface area (Å²) in [7, 11) is 0. The third kappa shape index (κ3) is 4.55. The van der Waals surface area contributed by atoms with Gasteiger partial charge in [0.2, 0.25) is 0 Å². The van der Waals surface area contributed by atoms with E-state index in [4.69, 9.17) is 0 Å². The van der Waals surface area contributed by atoms with E-state index in [2.05, 4.69) is 58.7 Å². The molecule has 1 N–H and O–H groups in total. The normalized spacial score (nSPS) is 24.3. The first-order valence-electron chi connectivity index (χ1n) is 7.58. The molecule has 1 atom stereocenters. The molecule has 1 rings (SSSR count). The Morgan fingerprint density at radius 2 is 1.78 bits per heavy atom. The van der Waals surface area contributed by atoms with Crippen molar-refractivity contribution in [1.82, 2.24) is 10.2 Å². The van der Waals surface area contributed by atoms with Crippen molar-refractivity contribution < 1.29 is 0 Å². The highest BCUT2D eigenvalue weighted by atomic mass is 15.2. The summed E-state index contributed by atoms with van der Waals surface area (Å²) in [5, 5.41) is 3.72. The van der Waals surface area contributed by atoms with E-state index in [1.807, 2.05) is 0 Å². The molecule has 0 bridgehead atoms. The molecule has 2 nitrogen and oxygen atoms in total. The van der Waals surface area contributed by atoms with Crippen LogP contribution >= 0.6 is 0 Å². The molecule has 0 radical (unpaired) electrons. The Kier molecular flexibility index (Phi) is 5.25. The fraction of sp³-hybridized carbons (Fsp3) is 1.00. The minimum atomic E-state index is 0.352. The van der Waals surface area contributed by atoms with Crippen molar-refractivity contribution in [3.63, 3.8) is 0 Å².